The van der Waals surface area contributed by atoms with Crippen molar-refractivity contribution >= 4 is 12.4 Å². The molecule has 2 heterocycles. The Morgan fingerprint density at radius 2 is 2.22 bits per heavy atom. The van der Waals surface area contributed by atoms with E-state index in [0.717, 1.165) is 17.8 Å². The second kappa shape index (κ2) is 4.49. The van der Waals surface area contributed by atoms with Gasteiger partial charge in [0.1, 0.15) is 23.8 Å². The molecule has 0 radical (unpaired) electrons. The molecule has 1 aromatic heterocycles. The van der Waals surface area contributed by atoms with Crippen LogP contribution in [0.3, 0.4) is 0 Å². The molecular formula is C13H19N4O+. The third-order valence-corrected chi connectivity index (χ3v) is 3.56. The molecule has 0 aliphatic carbocycles. The number of carbonyl (C=O) groups is 1. The van der Waals surface area contributed by atoms with Crippen LogP contribution in [-0.2, 0) is 0 Å². The van der Waals surface area contributed by atoms with E-state index in [1.54, 1.807) is 18.7 Å². The zero-order chi connectivity index (χ0) is 13.3. The van der Waals surface area contributed by atoms with E-state index in [4.69, 9.17) is 0 Å². The second-order valence-corrected chi connectivity index (χ2v) is 4.75. The molecule has 0 saturated carbocycles. The minimum absolute atomic E-state index is 0.0350. The third-order valence-electron chi connectivity index (χ3n) is 3.56. The lowest BCUT2D eigenvalue weighted by Crippen LogP contribution is -2.55. The maximum atomic E-state index is 12.7. The van der Waals surface area contributed by atoms with E-state index in [0.29, 0.717) is 0 Å². The summed E-state index contributed by atoms with van der Waals surface area (Å²) in [6.45, 7) is 8.10. The molecular weight excluding hydrogens is 228 g/mol. The number of aliphatic imine (C=N–C) groups is 1. The SMILES string of the molecule is CCC1=C(C)[N+](C(=O)n2ccnc2)(C(C)C)C=N1. The predicted molar refractivity (Wildman–Crippen MR) is 69.9 cm³/mol. The number of imidazole rings is 1. The highest BCUT2D eigenvalue weighted by atomic mass is 16.2. The Hall–Kier alpha value is -1.75. The van der Waals surface area contributed by atoms with Crippen molar-refractivity contribution in [3.63, 3.8) is 0 Å². The minimum atomic E-state index is -0.0350. The van der Waals surface area contributed by atoms with Gasteiger partial charge in [-0.1, -0.05) is 6.92 Å². The number of amides is 1. The first-order valence-electron chi connectivity index (χ1n) is 6.20. The van der Waals surface area contributed by atoms with Crippen LogP contribution in [-0.4, -0.2) is 32.4 Å². The maximum absolute atomic E-state index is 12.7. The fourth-order valence-electron chi connectivity index (χ4n) is 2.40. The lowest BCUT2D eigenvalue weighted by molar-refractivity contribution is -0.732. The molecule has 5 heteroatoms. The van der Waals surface area contributed by atoms with Crippen LogP contribution in [0.15, 0.2) is 35.1 Å². The molecule has 96 valence electrons. The Morgan fingerprint density at radius 1 is 1.50 bits per heavy atom. The van der Waals surface area contributed by atoms with Gasteiger partial charge in [0.2, 0.25) is 6.34 Å². The van der Waals surface area contributed by atoms with Gasteiger partial charge in [0, 0.05) is 19.3 Å². The van der Waals surface area contributed by atoms with Gasteiger partial charge >= 0.3 is 6.03 Å². The Labute approximate surface area is 107 Å². The monoisotopic (exact) mass is 247 g/mol. The predicted octanol–water partition coefficient (Wildman–Crippen LogP) is 2.76. The van der Waals surface area contributed by atoms with Crippen LogP contribution in [0.4, 0.5) is 4.79 Å². The van der Waals surface area contributed by atoms with Crippen LogP contribution in [0, 0.1) is 0 Å². The van der Waals surface area contributed by atoms with Crippen molar-refractivity contribution in [2.45, 2.75) is 40.2 Å². The first-order chi connectivity index (χ1) is 8.54. The zero-order valence-corrected chi connectivity index (χ0v) is 11.3. The fraction of sp³-hybridized carbons (Fsp3) is 0.462. The number of nitrogens with zero attached hydrogens (tertiary/aromatic N) is 4. The van der Waals surface area contributed by atoms with E-state index in [2.05, 4.69) is 16.9 Å². The molecule has 0 saturated heterocycles. The Balaban J connectivity index is 2.52. The number of rotatable bonds is 2. The van der Waals surface area contributed by atoms with Gasteiger partial charge in [-0.3, -0.25) is 0 Å². The summed E-state index contributed by atoms with van der Waals surface area (Å²) in [5.41, 5.74) is 2.00. The third kappa shape index (κ3) is 1.62. The molecule has 0 aromatic carbocycles. The summed E-state index contributed by atoms with van der Waals surface area (Å²) in [6, 6.07) is 0.0694. The molecule has 0 spiro atoms. The summed E-state index contributed by atoms with van der Waals surface area (Å²) in [5, 5.41) is 0. The van der Waals surface area contributed by atoms with Crippen molar-refractivity contribution in [2.75, 3.05) is 0 Å². The van der Waals surface area contributed by atoms with Gasteiger partial charge in [-0.05, 0) is 20.3 Å². The van der Waals surface area contributed by atoms with Gasteiger partial charge in [0.05, 0.1) is 0 Å². The summed E-state index contributed by atoms with van der Waals surface area (Å²) in [4.78, 5) is 21.1. The smallest absolute Gasteiger partial charge is 0.245 e. The molecule has 1 aliphatic heterocycles. The summed E-state index contributed by atoms with van der Waals surface area (Å²) >= 11 is 0. The van der Waals surface area contributed by atoms with Crippen molar-refractivity contribution in [3.05, 3.63) is 30.1 Å². The van der Waals surface area contributed by atoms with Crippen LogP contribution >= 0.6 is 0 Å². The number of aromatic nitrogens is 2. The lowest BCUT2D eigenvalue weighted by atomic mass is 10.2. The van der Waals surface area contributed by atoms with E-state index < -0.39 is 0 Å². The van der Waals surface area contributed by atoms with Gasteiger partial charge < -0.3 is 0 Å². The topological polar surface area (TPSA) is 47.2 Å². The molecule has 0 N–H and O–H groups in total. The average Bonchev–Trinajstić information content (AvgIpc) is 2.96. The molecule has 1 aromatic rings. The highest BCUT2D eigenvalue weighted by Crippen LogP contribution is 2.31. The molecule has 1 amide bonds. The Morgan fingerprint density at radius 3 is 2.67 bits per heavy atom. The van der Waals surface area contributed by atoms with Gasteiger partial charge in [-0.2, -0.15) is 4.48 Å². The summed E-state index contributed by atoms with van der Waals surface area (Å²) in [5.74, 6) is 0. The standard InChI is InChI=1S/C13H19N4O/c1-5-12-11(4)17(9-15-12,10(2)3)13(18)16-7-6-14-8-16/h6-10H,5H2,1-4H3/q+1. The first-order valence-corrected chi connectivity index (χ1v) is 6.20. The number of carbonyl (C=O) groups excluding carboxylic acids is 1. The molecule has 0 bridgehead atoms. The average molecular weight is 247 g/mol. The van der Waals surface area contributed by atoms with E-state index in [-0.39, 0.29) is 16.6 Å². The van der Waals surface area contributed by atoms with Crippen molar-refractivity contribution < 1.29 is 9.28 Å². The summed E-state index contributed by atoms with van der Waals surface area (Å²) in [6.07, 6.45) is 7.42. The zero-order valence-electron chi connectivity index (χ0n) is 11.3. The Bertz CT molecular complexity index is 513. The number of allylic oxidation sites excluding steroid dienone is 2. The molecule has 0 fully saturated rings. The van der Waals surface area contributed by atoms with Crippen LogP contribution in [0.1, 0.15) is 34.1 Å². The van der Waals surface area contributed by atoms with E-state index in [1.165, 1.54) is 10.9 Å². The van der Waals surface area contributed by atoms with Crippen LogP contribution in [0.5, 0.6) is 0 Å². The molecule has 5 nitrogen and oxygen atoms in total. The quantitative estimate of drug-likeness (QED) is 0.754. The van der Waals surface area contributed by atoms with E-state index >= 15 is 0 Å². The summed E-state index contributed by atoms with van der Waals surface area (Å²) in [7, 11) is 0. The molecule has 2 rings (SSSR count). The van der Waals surface area contributed by atoms with Crippen molar-refractivity contribution in [2.24, 2.45) is 4.99 Å². The fourth-order valence-corrected chi connectivity index (χ4v) is 2.40. The van der Waals surface area contributed by atoms with Gasteiger partial charge in [0.25, 0.3) is 0 Å². The van der Waals surface area contributed by atoms with Crippen molar-refractivity contribution in [1.29, 1.82) is 0 Å². The van der Waals surface area contributed by atoms with Crippen molar-refractivity contribution in [1.82, 2.24) is 9.55 Å². The molecule has 1 unspecified atom stereocenters. The number of hydrogen-bond donors (Lipinski definition) is 0. The highest BCUT2D eigenvalue weighted by molar-refractivity contribution is 5.81. The molecule has 1 aliphatic rings. The second-order valence-electron chi connectivity index (χ2n) is 4.75. The maximum Gasteiger partial charge on any atom is 0.439 e. The highest BCUT2D eigenvalue weighted by Gasteiger charge is 2.46. The van der Waals surface area contributed by atoms with E-state index in [1.807, 2.05) is 20.8 Å². The molecule has 1 atom stereocenters. The van der Waals surface area contributed by atoms with Gasteiger partial charge in [0.15, 0.2) is 0 Å². The Kier molecular flexibility index (Phi) is 3.17. The van der Waals surface area contributed by atoms with Gasteiger partial charge in [-0.15, -0.1) is 0 Å². The van der Waals surface area contributed by atoms with Crippen LogP contribution in [0.2, 0.25) is 0 Å². The lowest BCUT2D eigenvalue weighted by Gasteiger charge is -2.32. The van der Waals surface area contributed by atoms with Gasteiger partial charge in [-0.25, -0.2) is 19.3 Å². The first kappa shape index (κ1) is 12.7. The van der Waals surface area contributed by atoms with Crippen LogP contribution < -0.4 is 0 Å². The largest absolute Gasteiger partial charge is 0.439 e. The summed E-state index contributed by atoms with van der Waals surface area (Å²) < 4.78 is 1.67. The van der Waals surface area contributed by atoms with E-state index in [9.17, 15) is 4.79 Å². The van der Waals surface area contributed by atoms with Crippen molar-refractivity contribution in [3.8, 4) is 0 Å². The number of quaternary nitrogens is 1. The number of hydrogen-bond acceptors (Lipinski definition) is 3. The van der Waals surface area contributed by atoms with Crippen LogP contribution in [0.25, 0.3) is 0 Å². The molecule has 18 heavy (non-hydrogen) atoms. The normalized spacial score (nSPS) is 23.2. The minimum Gasteiger partial charge on any atom is -0.245 e.